The Hall–Kier alpha value is -3.26. The Labute approximate surface area is 158 Å². The van der Waals surface area contributed by atoms with E-state index in [2.05, 4.69) is 15.6 Å². The molecule has 0 aliphatic rings. The third-order valence-corrected chi connectivity index (χ3v) is 4.06. The zero-order valence-corrected chi connectivity index (χ0v) is 15.1. The molecule has 9 heteroatoms. The number of pyridine rings is 1. The fourth-order valence-electron chi connectivity index (χ4n) is 2.54. The molecule has 27 heavy (non-hydrogen) atoms. The number of anilines is 2. The molecule has 0 unspecified atom stereocenters. The average Bonchev–Trinajstić information content (AvgIpc) is 2.62. The normalized spacial score (nSPS) is 10.5. The van der Waals surface area contributed by atoms with E-state index >= 15 is 0 Å². The van der Waals surface area contributed by atoms with Crippen molar-refractivity contribution < 1.29 is 18.7 Å². The third-order valence-electron chi connectivity index (χ3n) is 3.76. The van der Waals surface area contributed by atoms with Gasteiger partial charge in [0.25, 0.3) is 0 Å². The number of carbonyl (C=O) groups excluding carboxylic acids is 1. The average molecular weight is 392 g/mol. The number of ether oxygens (including phenoxy) is 2. The summed E-state index contributed by atoms with van der Waals surface area (Å²) in [6.45, 7) is 0. The molecule has 0 bridgehead atoms. The highest BCUT2D eigenvalue weighted by molar-refractivity contribution is 6.32. The highest BCUT2D eigenvalue weighted by atomic mass is 35.5. The topological polar surface area (TPSA) is 92.4 Å². The van der Waals surface area contributed by atoms with Crippen molar-refractivity contribution in [2.75, 3.05) is 24.9 Å². The van der Waals surface area contributed by atoms with Crippen LogP contribution in [0.4, 0.5) is 20.6 Å². The van der Waals surface area contributed by atoms with E-state index < -0.39 is 17.4 Å². The van der Waals surface area contributed by atoms with Crippen LogP contribution in [0, 0.1) is 5.82 Å². The molecular weight excluding hydrogens is 377 g/mol. The summed E-state index contributed by atoms with van der Waals surface area (Å²) in [4.78, 5) is 26.0. The number of amides is 2. The van der Waals surface area contributed by atoms with Gasteiger partial charge in [0.05, 0.1) is 30.4 Å². The van der Waals surface area contributed by atoms with Gasteiger partial charge in [0.15, 0.2) is 0 Å². The maximum Gasteiger partial charge on any atom is 0.323 e. The highest BCUT2D eigenvalue weighted by Gasteiger charge is 2.13. The Morgan fingerprint density at radius 2 is 1.81 bits per heavy atom. The van der Waals surface area contributed by atoms with Crippen LogP contribution < -0.4 is 25.7 Å². The molecule has 140 valence electrons. The van der Waals surface area contributed by atoms with Gasteiger partial charge >= 0.3 is 6.03 Å². The molecule has 2 aromatic carbocycles. The fourth-order valence-corrected chi connectivity index (χ4v) is 2.78. The first-order valence-corrected chi connectivity index (χ1v) is 8.11. The second kappa shape index (κ2) is 7.55. The number of hydrogen-bond acceptors (Lipinski definition) is 4. The number of aromatic nitrogens is 1. The molecule has 0 radical (unpaired) electrons. The van der Waals surface area contributed by atoms with Gasteiger partial charge in [0.2, 0.25) is 5.56 Å². The van der Waals surface area contributed by atoms with E-state index in [9.17, 15) is 14.0 Å². The molecule has 3 aromatic rings. The lowest BCUT2D eigenvalue weighted by molar-refractivity contribution is 0.262. The maximum absolute atomic E-state index is 14.2. The molecule has 1 aromatic heterocycles. The summed E-state index contributed by atoms with van der Waals surface area (Å²) >= 11 is 6.07. The van der Waals surface area contributed by atoms with Gasteiger partial charge in [-0.3, -0.25) is 4.79 Å². The van der Waals surface area contributed by atoms with Crippen molar-refractivity contribution >= 4 is 39.9 Å². The van der Waals surface area contributed by atoms with Crippen LogP contribution in [0.5, 0.6) is 11.5 Å². The van der Waals surface area contributed by atoms with Crippen LogP contribution in [0.25, 0.3) is 10.9 Å². The van der Waals surface area contributed by atoms with E-state index in [0.29, 0.717) is 22.6 Å². The number of rotatable bonds is 4. The molecular formula is C18H15ClFN3O4. The Bertz CT molecular complexity index is 1080. The van der Waals surface area contributed by atoms with Crippen molar-refractivity contribution in [3.63, 3.8) is 0 Å². The predicted molar refractivity (Wildman–Crippen MR) is 102 cm³/mol. The molecule has 2 amide bonds. The third kappa shape index (κ3) is 3.95. The van der Waals surface area contributed by atoms with Crippen molar-refractivity contribution in [3.8, 4) is 11.5 Å². The fraction of sp³-hybridized carbons (Fsp3) is 0.111. The first kappa shape index (κ1) is 18.5. The molecule has 3 N–H and O–H groups in total. The number of methoxy groups -OCH3 is 2. The van der Waals surface area contributed by atoms with Gasteiger partial charge < -0.3 is 25.1 Å². The Kier molecular flexibility index (Phi) is 5.18. The molecule has 0 aliphatic heterocycles. The number of benzene rings is 2. The summed E-state index contributed by atoms with van der Waals surface area (Å²) in [7, 11) is 2.90. The molecule has 0 spiro atoms. The molecule has 0 atom stereocenters. The Balaban J connectivity index is 1.84. The van der Waals surface area contributed by atoms with Crippen LogP contribution >= 0.6 is 11.6 Å². The smallest absolute Gasteiger partial charge is 0.323 e. The van der Waals surface area contributed by atoms with E-state index in [1.165, 1.54) is 44.6 Å². The lowest BCUT2D eigenvalue weighted by atomic mass is 10.2. The van der Waals surface area contributed by atoms with Crippen LogP contribution in [0.3, 0.4) is 0 Å². The number of H-pyrrole nitrogens is 1. The predicted octanol–water partition coefficient (Wildman–Crippen LogP) is 3.98. The van der Waals surface area contributed by atoms with Gasteiger partial charge in [-0.05, 0) is 24.3 Å². The Morgan fingerprint density at radius 1 is 1.07 bits per heavy atom. The van der Waals surface area contributed by atoms with E-state index in [1.807, 2.05) is 0 Å². The number of urea groups is 1. The number of nitrogens with one attached hydrogen (secondary N) is 3. The summed E-state index contributed by atoms with van der Waals surface area (Å²) in [6.07, 6.45) is 0. The SMILES string of the molecule is COc1cc(OC)c(NC(=O)Nc2cc(F)c3[nH]c(=O)ccc3c2)cc1Cl. The second-order valence-corrected chi connectivity index (χ2v) is 5.92. The van der Waals surface area contributed by atoms with Gasteiger partial charge in [0.1, 0.15) is 17.3 Å². The highest BCUT2D eigenvalue weighted by Crippen LogP contribution is 2.36. The van der Waals surface area contributed by atoms with Gasteiger partial charge in [0, 0.05) is 23.2 Å². The van der Waals surface area contributed by atoms with E-state index in [4.69, 9.17) is 21.1 Å². The van der Waals surface area contributed by atoms with Crippen LogP contribution in [0.2, 0.25) is 5.02 Å². The lowest BCUT2D eigenvalue weighted by Crippen LogP contribution is -2.20. The zero-order chi connectivity index (χ0) is 19.6. The lowest BCUT2D eigenvalue weighted by Gasteiger charge is -2.14. The molecule has 7 nitrogen and oxygen atoms in total. The minimum absolute atomic E-state index is 0.0667. The van der Waals surface area contributed by atoms with Gasteiger partial charge in [-0.1, -0.05) is 11.6 Å². The minimum atomic E-state index is -0.662. The molecule has 0 aliphatic carbocycles. The quantitative estimate of drug-likeness (QED) is 0.627. The zero-order valence-electron chi connectivity index (χ0n) is 14.4. The molecule has 1 heterocycles. The molecule has 0 saturated heterocycles. The molecule has 0 fully saturated rings. The summed E-state index contributed by atoms with van der Waals surface area (Å²) in [5.41, 5.74) is 0.176. The standard InChI is InChI=1S/C18H15ClFN3O4/c1-26-14-8-15(27-2)13(7-11(14)19)22-18(25)21-10-5-9-3-4-16(24)23-17(9)12(20)6-10/h3-8H,1-2H3,(H,23,24)(H2,21,22,25). The summed E-state index contributed by atoms with van der Waals surface area (Å²) < 4.78 is 24.5. The van der Waals surface area contributed by atoms with Crippen molar-refractivity contribution in [1.29, 1.82) is 0 Å². The monoisotopic (exact) mass is 391 g/mol. The minimum Gasteiger partial charge on any atom is -0.495 e. The van der Waals surface area contributed by atoms with E-state index in [1.54, 1.807) is 0 Å². The first-order valence-electron chi connectivity index (χ1n) is 7.73. The summed E-state index contributed by atoms with van der Waals surface area (Å²) in [5.74, 6) is 0.0734. The molecule has 3 rings (SSSR count). The largest absolute Gasteiger partial charge is 0.495 e. The van der Waals surface area contributed by atoms with Crippen LogP contribution in [-0.4, -0.2) is 25.2 Å². The van der Waals surface area contributed by atoms with Gasteiger partial charge in [-0.2, -0.15) is 0 Å². The second-order valence-electron chi connectivity index (χ2n) is 5.51. The van der Waals surface area contributed by atoms with E-state index in [-0.39, 0.29) is 16.2 Å². The van der Waals surface area contributed by atoms with Crippen LogP contribution in [0.15, 0.2) is 41.2 Å². The van der Waals surface area contributed by atoms with Gasteiger partial charge in [-0.15, -0.1) is 0 Å². The van der Waals surface area contributed by atoms with Crippen molar-refractivity contribution in [2.24, 2.45) is 0 Å². The maximum atomic E-state index is 14.2. The van der Waals surface area contributed by atoms with E-state index in [0.717, 1.165) is 6.07 Å². The number of hydrogen-bond donors (Lipinski definition) is 3. The summed E-state index contributed by atoms with van der Waals surface area (Å²) in [5, 5.41) is 5.84. The Morgan fingerprint density at radius 3 is 2.52 bits per heavy atom. The number of halogens is 2. The summed E-state index contributed by atoms with van der Waals surface area (Å²) in [6, 6.07) is 7.76. The van der Waals surface area contributed by atoms with Crippen LogP contribution in [-0.2, 0) is 0 Å². The van der Waals surface area contributed by atoms with Gasteiger partial charge in [-0.25, -0.2) is 9.18 Å². The van der Waals surface area contributed by atoms with Crippen molar-refractivity contribution in [3.05, 3.63) is 57.6 Å². The number of carbonyl (C=O) groups is 1. The van der Waals surface area contributed by atoms with Crippen LogP contribution in [0.1, 0.15) is 0 Å². The van der Waals surface area contributed by atoms with Crippen molar-refractivity contribution in [2.45, 2.75) is 0 Å². The number of fused-ring (bicyclic) bond motifs is 1. The first-order chi connectivity index (χ1) is 12.9. The number of aromatic amines is 1. The molecule has 0 saturated carbocycles. The van der Waals surface area contributed by atoms with Crippen molar-refractivity contribution in [1.82, 2.24) is 4.98 Å².